The zero-order valence-corrected chi connectivity index (χ0v) is 15.9. The van der Waals surface area contributed by atoms with Gasteiger partial charge >= 0.3 is 11.8 Å². The average molecular weight is 388 g/mol. The Kier molecular flexibility index (Phi) is 6.84. The second-order valence-electron chi connectivity index (χ2n) is 6.55. The summed E-state index contributed by atoms with van der Waals surface area (Å²) in [4.78, 5) is 23.7. The third kappa shape index (κ3) is 5.55. The van der Waals surface area contributed by atoms with Gasteiger partial charge in [0.2, 0.25) is 0 Å². The lowest BCUT2D eigenvalue weighted by Crippen LogP contribution is -2.41. The third-order valence-electron chi connectivity index (χ3n) is 4.54. The summed E-state index contributed by atoms with van der Waals surface area (Å²) < 4.78 is 5.61. The van der Waals surface area contributed by atoms with Crippen LogP contribution < -0.4 is 10.6 Å². The van der Waals surface area contributed by atoms with Crippen LogP contribution >= 0.6 is 11.3 Å². The van der Waals surface area contributed by atoms with E-state index in [2.05, 4.69) is 16.7 Å². The molecule has 1 unspecified atom stereocenters. The number of aliphatic hydroxyl groups excluding tert-OH is 1. The lowest BCUT2D eigenvalue weighted by atomic mass is 9.97. The van der Waals surface area contributed by atoms with E-state index in [4.69, 9.17) is 4.42 Å². The van der Waals surface area contributed by atoms with Gasteiger partial charge in [-0.15, -0.1) is 0 Å². The molecule has 3 N–H and O–H groups in total. The van der Waals surface area contributed by atoms with Gasteiger partial charge in [-0.3, -0.25) is 9.59 Å². The van der Waals surface area contributed by atoms with Gasteiger partial charge in [-0.1, -0.05) is 11.6 Å². The summed E-state index contributed by atoms with van der Waals surface area (Å²) in [6, 6.07) is 5.37. The summed E-state index contributed by atoms with van der Waals surface area (Å²) >= 11 is 1.56. The monoisotopic (exact) mass is 388 g/mol. The summed E-state index contributed by atoms with van der Waals surface area (Å²) in [5, 5.41) is 19.1. The molecule has 0 spiro atoms. The highest BCUT2D eigenvalue weighted by Crippen LogP contribution is 2.26. The zero-order chi connectivity index (χ0) is 19.1. The molecule has 6 nitrogen and oxygen atoms in total. The van der Waals surface area contributed by atoms with E-state index in [1.165, 1.54) is 18.4 Å². The van der Waals surface area contributed by atoms with Crippen LogP contribution in [0.15, 0.2) is 45.0 Å². The Morgan fingerprint density at radius 1 is 1.19 bits per heavy atom. The molecule has 0 aromatic carbocycles. The van der Waals surface area contributed by atoms with Crippen molar-refractivity contribution in [1.82, 2.24) is 10.6 Å². The van der Waals surface area contributed by atoms with E-state index in [0.29, 0.717) is 18.1 Å². The number of hydrogen-bond donors (Lipinski definition) is 3. The first kappa shape index (κ1) is 19.4. The summed E-state index contributed by atoms with van der Waals surface area (Å²) in [5.74, 6) is -0.430. The van der Waals surface area contributed by atoms with Crippen molar-refractivity contribution < 1.29 is 19.1 Å². The average Bonchev–Trinajstić information content (AvgIpc) is 3.38. The Morgan fingerprint density at radius 2 is 2.04 bits per heavy atom. The number of allylic oxidation sites excluding steroid dienone is 1. The number of furan rings is 1. The fourth-order valence-electron chi connectivity index (χ4n) is 3.01. The second kappa shape index (κ2) is 9.53. The standard InChI is InChI=1S/C20H24N2O4S/c23-16(18-7-6-17(26-18)15-9-11-27-13-15)12-22-20(25)19(24)21-10-8-14-4-2-1-3-5-14/h4,6-7,9,11,13,16,23H,1-3,5,8,10,12H2,(H,21,24)(H,22,25). The molecule has 2 amide bonds. The highest BCUT2D eigenvalue weighted by Gasteiger charge is 2.18. The number of thiophene rings is 1. The molecule has 2 aromatic rings. The van der Waals surface area contributed by atoms with E-state index in [-0.39, 0.29) is 6.54 Å². The number of hydrogen-bond acceptors (Lipinski definition) is 5. The van der Waals surface area contributed by atoms with Gasteiger partial charge in [0, 0.05) is 17.5 Å². The smallest absolute Gasteiger partial charge is 0.309 e. The van der Waals surface area contributed by atoms with Gasteiger partial charge in [-0.2, -0.15) is 11.3 Å². The van der Waals surface area contributed by atoms with Crippen LogP contribution in [-0.2, 0) is 9.59 Å². The molecule has 0 fully saturated rings. The maximum absolute atomic E-state index is 11.9. The predicted octanol–water partition coefficient (Wildman–Crippen LogP) is 3.16. The number of nitrogens with one attached hydrogen (secondary N) is 2. The minimum Gasteiger partial charge on any atom is -0.458 e. The molecule has 144 valence electrons. The predicted molar refractivity (Wildman–Crippen MR) is 104 cm³/mol. The number of carbonyl (C=O) groups excluding carboxylic acids is 2. The molecular weight excluding hydrogens is 364 g/mol. The van der Waals surface area contributed by atoms with Crippen LogP contribution in [0.3, 0.4) is 0 Å². The van der Waals surface area contributed by atoms with Gasteiger partial charge in [-0.05, 0) is 55.7 Å². The minimum absolute atomic E-state index is 0.0893. The molecule has 0 saturated carbocycles. The van der Waals surface area contributed by atoms with E-state index in [0.717, 1.165) is 24.8 Å². The highest BCUT2D eigenvalue weighted by molar-refractivity contribution is 7.08. The highest BCUT2D eigenvalue weighted by atomic mass is 32.1. The largest absolute Gasteiger partial charge is 0.458 e. The first-order valence-corrected chi connectivity index (χ1v) is 10.1. The lowest BCUT2D eigenvalue weighted by molar-refractivity contribution is -0.139. The summed E-state index contributed by atoms with van der Waals surface area (Å²) in [6.07, 6.45) is 6.58. The van der Waals surface area contributed by atoms with Crippen molar-refractivity contribution in [3.05, 3.63) is 46.4 Å². The number of aliphatic hydroxyl groups is 1. The van der Waals surface area contributed by atoms with E-state index in [9.17, 15) is 14.7 Å². The van der Waals surface area contributed by atoms with Crippen molar-refractivity contribution in [2.45, 2.75) is 38.2 Å². The third-order valence-corrected chi connectivity index (χ3v) is 5.22. The molecule has 0 bridgehead atoms. The molecule has 7 heteroatoms. The van der Waals surface area contributed by atoms with Crippen molar-refractivity contribution in [2.24, 2.45) is 0 Å². The fourth-order valence-corrected chi connectivity index (χ4v) is 3.66. The first-order chi connectivity index (χ1) is 13.1. The van der Waals surface area contributed by atoms with Crippen molar-refractivity contribution in [3.63, 3.8) is 0 Å². The topological polar surface area (TPSA) is 91.6 Å². The van der Waals surface area contributed by atoms with Crippen LogP contribution in [0.1, 0.15) is 44.0 Å². The van der Waals surface area contributed by atoms with E-state index >= 15 is 0 Å². The molecular formula is C20H24N2O4S. The van der Waals surface area contributed by atoms with Gasteiger partial charge in [0.15, 0.2) is 0 Å². The fraction of sp³-hybridized carbons (Fsp3) is 0.400. The van der Waals surface area contributed by atoms with Crippen LogP contribution in [0.4, 0.5) is 0 Å². The Bertz CT molecular complexity index is 795. The summed E-state index contributed by atoms with van der Waals surface area (Å²) in [5.41, 5.74) is 2.28. The SMILES string of the molecule is O=C(NCCC1=CCCCC1)C(=O)NCC(O)c1ccc(-c2ccsc2)o1. The quantitative estimate of drug-likeness (QED) is 0.502. The van der Waals surface area contributed by atoms with Crippen LogP contribution in [0, 0.1) is 0 Å². The molecule has 1 aliphatic rings. The second-order valence-corrected chi connectivity index (χ2v) is 7.33. The van der Waals surface area contributed by atoms with E-state index in [1.54, 1.807) is 23.5 Å². The van der Waals surface area contributed by atoms with Crippen LogP contribution in [0.25, 0.3) is 11.3 Å². The number of amides is 2. The first-order valence-electron chi connectivity index (χ1n) is 9.18. The molecule has 27 heavy (non-hydrogen) atoms. The minimum atomic E-state index is -1.01. The van der Waals surface area contributed by atoms with Gasteiger partial charge < -0.3 is 20.2 Å². The molecule has 3 rings (SSSR count). The molecule has 1 atom stereocenters. The number of carbonyl (C=O) groups is 2. The van der Waals surface area contributed by atoms with E-state index < -0.39 is 17.9 Å². The molecule has 0 saturated heterocycles. The normalized spacial score (nSPS) is 15.1. The molecule has 2 aromatic heterocycles. The van der Waals surface area contributed by atoms with Crippen LogP contribution in [-0.4, -0.2) is 30.0 Å². The summed E-state index contributed by atoms with van der Waals surface area (Å²) in [6.45, 7) is 0.358. The maximum atomic E-state index is 11.9. The molecule has 2 heterocycles. The zero-order valence-electron chi connectivity index (χ0n) is 15.1. The van der Waals surface area contributed by atoms with Gasteiger partial charge in [-0.25, -0.2) is 0 Å². The van der Waals surface area contributed by atoms with Gasteiger partial charge in [0.1, 0.15) is 17.6 Å². The Labute approximate surface area is 162 Å². The maximum Gasteiger partial charge on any atom is 0.309 e. The Morgan fingerprint density at radius 3 is 2.78 bits per heavy atom. The lowest BCUT2D eigenvalue weighted by Gasteiger charge is -2.13. The summed E-state index contributed by atoms with van der Waals surface area (Å²) in [7, 11) is 0. The van der Waals surface area contributed by atoms with Crippen LogP contribution in [0.5, 0.6) is 0 Å². The van der Waals surface area contributed by atoms with E-state index in [1.807, 2.05) is 16.8 Å². The van der Waals surface area contributed by atoms with Crippen molar-refractivity contribution in [1.29, 1.82) is 0 Å². The molecule has 1 aliphatic carbocycles. The van der Waals surface area contributed by atoms with Crippen molar-refractivity contribution in [2.75, 3.05) is 13.1 Å². The molecule has 0 radical (unpaired) electrons. The number of rotatable bonds is 7. The van der Waals surface area contributed by atoms with Crippen LogP contribution in [0.2, 0.25) is 0 Å². The Balaban J connectivity index is 1.40. The van der Waals surface area contributed by atoms with Crippen molar-refractivity contribution >= 4 is 23.2 Å². The van der Waals surface area contributed by atoms with Crippen molar-refractivity contribution in [3.8, 4) is 11.3 Å². The Hall–Kier alpha value is -2.38. The molecule has 0 aliphatic heterocycles. The van der Waals surface area contributed by atoms with Gasteiger partial charge in [0.05, 0.1) is 6.54 Å². The van der Waals surface area contributed by atoms with Gasteiger partial charge in [0.25, 0.3) is 0 Å².